The highest BCUT2D eigenvalue weighted by Gasteiger charge is 2.60. The zero-order chi connectivity index (χ0) is 16.5. The number of alkyl halides is 1. The summed E-state index contributed by atoms with van der Waals surface area (Å²) in [4.78, 5) is 24.7. The van der Waals surface area contributed by atoms with Crippen molar-refractivity contribution in [3.05, 3.63) is 35.9 Å². The van der Waals surface area contributed by atoms with Crippen molar-refractivity contribution in [1.29, 1.82) is 0 Å². The van der Waals surface area contributed by atoms with E-state index in [9.17, 15) is 9.59 Å². The second-order valence-corrected chi connectivity index (χ2v) is 7.21. The van der Waals surface area contributed by atoms with E-state index in [2.05, 4.69) is 0 Å². The van der Waals surface area contributed by atoms with E-state index in [1.54, 1.807) is 27.7 Å². The molecule has 3 atom stereocenters. The first-order valence-electron chi connectivity index (χ1n) is 7.31. The topological polar surface area (TPSA) is 52.6 Å². The van der Waals surface area contributed by atoms with E-state index in [1.807, 2.05) is 30.3 Å². The van der Waals surface area contributed by atoms with Crippen LogP contribution in [-0.2, 0) is 19.1 Å². The third-order valence-corrected chi connectivity index (χ3v) is 4.01. The number of ether oxygens (including phenoxy) is 2. The summed E-state index contributed by atoms with van der Waals surface area (Å²) in [6.07, 6.45) is 0.111. The van der Waals surface area contributed by atoms with Gasteiger partial charge in [0.25, 0.3) is 0 Å². The molecule has 2 rings (SSSR count). The molecule has 120 valence electrons. The molecule has 0 bridgehead atoms. The van der Waals surface area contributed by atoms with Gasteiger partial charge >= 0.3 is 11.9 Å². The van der Waals surface area contributed by atoms with E-state index in [-0.39, 0.29) is 6.42 Å². The highest BCUT2D eigenvalue weighted by Crippen LogP contribution is 2.46. The Bertz CT molecular complexity index is 562. The molecule has 1 heterocycles. The van der Waals surface area contributed by atoms with Crippen molar-refractivity contribution < 1.29 is 19.1 Å². The highest BCUT2D eigenvalue weighted by atomic mass is 35.5. The Balaban J connectivity index is 2.47. The molecule has 1 fully saturated rings. The van der Waals surface area contributed by atoms with Crippen molar-refractivity contribution in [2.24, 2.45) is 0 Å². The fourth-order valence-corrected chi connectivity index (χ4v) is 3.02. The van der Waals surface area contributed by atoms with Crippen LogP contribution in [0.15, 0.2) is 30.3 Å². The predicted octanol–water partition coefficient (Wildman–Crippen LogP) is 3.42. The molecular formula is C17H21ClO4. The molecule has 0 aromatic heterocycles. The van der Waals surface area contributed by atoms with E-state index in [1.165, 1.54) is 0 Å². The smallest absolute Gasteiger partial charge is 0.353 e. The van der Waals surface area contributed by atoms with Crippen LogP contribution in [0.1, 0.15) is 45.6 Å². The number of hydrogen-bond donors (Lipinski definition) is 0. The van der Waals surface area contributed by atoms with Gasteiger partial charge in [-0.3, -0.25) is 4.79 Å². The molecule has 5 heteroatoms. The molecular weight excluding hydrogens is 304 g/mol. The Hall–Kier alpha value is -1.55. The van der Waals surface area contributed by atoms with Gasteiger partial charge in [0.1, 0.15) is 5.60 Å². The minimum absolute atomic E-state index is 0.111. The molecule has 0 saturated carbocycles. The lowest BCUT2D eigenvalue weighted by molar-refractivity contribution is -0.184. The molecule has 0 N–H and O–H groups in total. The lowest BCUT2D eigenvalue weighted by atomic mass is 9.79. The van der Waals surface area contributed by atoms with Gasteiger partial charge in [-0.25, -0.2) is 4.79 Å². The van der Waals surface area contributed by atoms with E-state index in [0.29, 0.717) is 0 Å². The Labute approximate surface area is 135 Å². The first kappa shape index (κ1) is 16.8. The molecule has 0 radical (unpaired) electrons. The van der Waals surface area contributed by atoms with Gasteiger partial charge in [-0.2, -0.15) is 0 Å². The first-order chi connectivity index (χ1) is 10.2. The van der Waals surface area contributed by atoms with Crippen LogP contribution in [0.25, 0.3) is 0 Å². The quantitative estimate of drug-likeness (QED) is 0.631. The molecule has 4 nitrogen and oxygen atoms in total. The highest BCUT2D eigenvalue weighted by molar-refractivity contribution is 6.23. The molecule has 22 heavy (non-hydrogen) atoms. The van der Waals surface area contributed by atoms with Crippen LogP contribution in [0.3, 0.4) is 0 Å². The summed E-state index contributed by atoms with van der Waals surface area (Å²) in [6.45, 7) is 6.96. The average molecular weight is 325 g/mol. The molecule has 0 spiro atoms. The van der Waals surface area contributed by atoms with Crippen LogP contribution in [0.2, 0.25) is 0 Å². The Morgan fingerprint density at radius 3 is 2.45 bits per heavy atom. The van der Waals surface area contributed by atoms with Gasteiger partial charge in [-0.15, -0.1) is 11.6 Å². The van der Waals surface area contributed by atoms with Crippen LogP contribution >= 0.6 is 11.6 Å². The zero-order valence-corrected chi connectivity index (χ0v) is 14.0. The third kappa shape index (κ3) is 3.12. The number of benzene rings is 1. The monoisotopic (exact) mass is 324 g/mol. The average Bonchev–Trinajstić information content (AvgIpc) is 2.77. The van der Waals surface area contributed by atoms with Gasteiger partial charge in [0.15, 0.2) is 0 Å². The van der Waals surface area contributed by atoms with Gasteiger partial charge in [0, 0.05) is 5.92 Å². The van der Waals surface area contributed by atoms with Crippen LogP contribution in [0.5, 0.6) is 0 Å². The zero-order valence-electron chi connectivity index (χ0n) is 13.3. The summed E-state index contributed by atoms with van der Waals surface area (Å²) in [5.74, 6) is -1.49. The molecule has 1 aliphatic heterocycles. The summed E-state index contributed by atoms with van der Waals surface area (Å²) in [5.41, 5.74) is -1.34. The molecule has 0 unspecified atom stereocenters. The van der Waals surface area contributed by atoms with Crippen molar-refractivity contribution in [2.75, 3.05) is 0 Å². The van der Waals surface area contributed by atoms with Gasteiger partial charge in [0.05, 0.1) is 11.8 Å². The number of hydrogen-bond acceptors (Lipinski definition) is 4. The molecule has 1 aromatic rings. The summed E-state index contributed by atoms with van der Waals surface area (Å²) in [6, 6.07) is 9.32. The number of rotatable bonds is 3. The van der Waals surface area contributed by atoms with Crippen molar-refractivity contribution >= 4 is 23.5 Å². The van der Waals surface area contributed by atoms with Gasteiger partial charge in [0.2, 0.25) is 5.60 Å². The molecule has 0 amide bonds. The molecule has 1 aromatic carbocycles. The van der Waals surface area contributed by atoms with Crippen LogP contribution < -0.4 is 0 Å². The van der Waals surface area contributed by atoms with Crippen molar-refractivity contribution in [3.8, 4) is 0 Å². The minimum Gasteiger partial charge on any atom is -0.457 e. The number of esters is 2. The fraction of sp³-hybridized carbons (Fsp3) is 0.529. The summed E-state index contributed by atoms with van der Waals surface area (Å²) < 4.78 is 10.9. The lowest BCUT2D eigenvalue weighted by Crippen LogP contribution is -2.52. The summed E-state index contributed by atoms with van der Waals surface area (Å²) in [7, 11) is 0. The van der Waals surface area contributed by atoms with Crippen LogP contribution in [0.4, 0.5) is 0 Å². The lowest BCUT2D eigenvalue weighted by Gasteiger charge is -2.36. The summed E-state index contributed by atoms with van der Waals surface area (Å²) >= 11 is 6.30. The second kappa shape index (κ2) is 5.92. The van der Waals surface area contributed by atoms with Gasteiger partial charge in [-0.1, -0.05) is 30.3 Å². The van der Waals surface area contributed by atoms with E-state index >= 15 is 0 Å². The Morgan fingerprint density at radius 2 is 1.95 bits per heavy atom. The van der Waals surface area contributed by atoms with Gasteiger partial charge < -0.3 is 9.47 Å². The number of halogens is 1. The fourth-order valence-electron chi connectivity index (χ4n) is 2.73. The largest absolute Gasteiger partial charge is 0.457 e. The predicted molar refractivity (Wildman–Crippen MR) is 83.8 cm³/mol. The van der Waals surface area contributed by atoms with Crippen molar-refractivity contribution in [3.63, 3.8) is 0 Å². The Kier molecular flexibility index (Phi) is 4.52. The van der Waals surface area contributed by atoms with Crippen LogP contribution in [-0.4, -0.2) is 28.5 Å². The van der Waals surface area contributed by atoms with E-state index in [0.717, 1.165) is 5.56 Å². The van der Waals surface area contributed by atoms with Crippen LogP contribution in [0, 0.1) is 0 Å². The molecule has 1 aliphatic rings. The minimum atomic E-state index is -1.49. The normalized spacial score (nSPS) is 26.4. The van der Waals surface area contributed by atoms with Gasteiger partial charge in [-0.05, 0) is 33.3 Å². The third-order valence-electron chi connectivity index (χ3n) is 3.68. The number of carbonyl (C=O) groups excluding carboxylic acids is 2. The van der Waals surface area contributed by atoms with E-state index < -0.39 is 34.4 Å². The maximum absolute atomic E-state index is 12.8. The maximum atomic E-state index is 12.8. The van der Waals surface area contributed by atoms with Crippen molar-refractivity contribution in [2.45, 2.75) is 56.6 Å². The molecule has 0 aliphatic carbocycles. The standard InChI is InChI=1S/C17H21ClO4/c1-11(18)17(15(20)22-16(2,3)4)13(10-14(19)21-17)12-8-6-5-7-9-12/h5-9,11,13H,10H2,1-4H3/t11-,13+,17-/m1/s1. The molecule has 1 saturated heterocycles. The SMILES string of the molecule is C[C@@H](Cl)[C@@]1(C(=O)OC(C)(C)C)OC(=O)C[C@H]1c1ccccc1. The second-order valence-electron chi connectivity index (χ2n) is 6.55. The summed E-state index contributed by atoms with van der Waals surface area (Å²) in [5, 5.41) is -0.709. The number of carbonyl (C=O) groups is 2. The Morgan fingerprint density at radius 1 is 1.36 bits per heavy atom. The van der Waals surface area contributed by atoms with E-state index in [4.69, 9.17) is 21.1 Å². The maximum Gasteiger partial charge on any atom is 0.353 e. The first-order valence-corrected chi connectivity index (χ1v) is 7.75. The van der Waals surface area contributed by atoms with Crippen molar-refractivity contribution in [1.82, 2.24) is 0 Å². The number of cyclic esters (lactones) is 1.